The second-order valence-corrected chi connectivity index (χ2v) is 3.41. The zero-order chi connectivity index (χ0) is 12.1. The van der Waals surface area contributed by atoms with Gasteiger partial charge in [0.1, 0.15) is 6.10 Å². The number of nitrogens with zero attached hydrogens (tertiary/aromatic N) is 1. The topological polar surface area (TPSA) is 59.4 Å². The first-order valence-corrected chi connectivity index (χ1v) is 5.02. The van der Waals surface area contributed by atoms with E-state index in [1.54, 1.807) is 19.2 Å². The Bertz CT molecular complexity index is 401. The van der Waals surface area contributed by atoms with E-state index in [-0.39, 0.29) is 12.2 Å². The van der Waals surface area contributed by atoms with Crippen molar-refractivity contribution >= 4 is 5.97 Å². The number of ether oxygens (including phenoxy) is 1. The summed E-state index contributed by atoms with van der Waals surface area (Å²) < 4.78 is 4.75. The molecule has 1 aromatic rings. The molecule has 86 valence electrons. The summed E-state index contributed by atoms with van der Waals surface area (Å²) in [4.78, 5) is 15.3. The predicted octanol–water partition coefficient (Wildman–Crippen LogP) is 1.54. The third-order valence-electron chi connectivity index (χ3n) is 2.08. The molecule has 0 aliphatic carbocycles. The van der Waals surface area contributed by atoms with Crippen LogP contribution in [0.5, 0.6) is 0 Å². The fourth-order valence-electron chi connectivity index (χ4n) is 1.22. The Hall–Kier alpha value is -1.68. The second-order valence-electron chi connectivity index (χ2n) is 3.41. The number of carbonyl (C=O) groups is 1. The van der Waals surface area contributed by atoms with Crippen molar-refractivity contribution in [1.82, 2.24) is 4.98 Å². The number of esters is 1. The zero-order valence-electron chi connectivity index (χ0n) is 9.43. The number of aliphatic hydroxyl groups excluding tert-OH is 1. The van der Waals surface area contributed by atoms with E-state index in [0.717, 1.165) is 5.56 Å². The normalized spacial score (nSPS) is 11.9. The molecule has 0 saturated heterocycles. The summed E-state index contributed by atoms with van der Waals surface area (Å²) >= 11 is 0. The molecule has 1 rings (SSSR count). The van der Waals surface area contributed by atoms with Gasteiger partial charge in [0, 0.05) is 6.20 Å². The minimum Gasteiger partial charge on any atom is -0.463 e. The van der Waals surface area contributed by atoms with Gasteiger partial charge in [-0.15, -0.1) is 0 Å². The molecule has 0 aromatic carbocycles. The van der Waals surface area contributed by atoms with Crippen molar-refractivity contribution in [3.05, 3.63) is 41.7 Å². The highest BCUT2D eigenvalue weighted by Gasteiger charge is 2.20. The first-order valence-electron chi connectivity index (χ1n) is 5.02. The molecule has 1 atom stereocenters. The van der Waals surface area contributed by atoms with Crippen LogP contribution in [0.1, 0.15) is 24.3 Å². The standard InChI is InChI=1S/C12H15NO3/c1-4-16-12(15)9(3)11(14)10-7-8(2)5-6-13-10/h5-7,11,14H,3-4H2,1-2H3. The van der Waals surface area contributed by atoms with Crippen LogP contribution in [0.15, 0.2) is 30.5 Å². The van der Waals surface area contributed by atoms with Gasteiger partial charge < -0.3 is 9.84 Å². The summed E-state index contributed by atoms with van der Waals surface area (Å²) in [6.07, 6.45) is 0.464. The van der Waals surface area contributed by atoms with E-state index in [4.69, 9.17) is 4.74 Å². The number of pyridine rings is 1. The van der Waals surface area contributed by atoms with Crippen molar-refractivity contribution in [2.24, 2.45) is 0 Å². The van der Waals surface area contributed by atoms with Crippen molar-refractivity contribution in [3.63, 3.8) is 0 Å². The molecule has 0 amide bonds. The number of aromatic nitrogens is 1. The van der Waals surface area contributed by atoms with E-state index in [2.05, 4.69) is 11.6 Å². The fourth-order valence-corrected chi connectivity index (χ4v) is 1.22. The Kier molecular flexibility index (Phi) is 4.19. The van der Waals surface area contributed by atoms with Crippen LogP contribution >= 0.6 is 0 Å². The van der Waals surface area contributed by atoms with Gasteiger partial charge in [0.05, 0.1) is 17.9 Å². The molecule has 0 spiro atoms. The van der Waals surface area contributed by atoms with Crippen molar-refractivity contribution in [2.45, 2.75) is 20.0 Å². The van der Waals surface area contributed by atoms with Crippen LogP contribution in [-0.2, 0) is 9.53 Å². The molecular formula is C12H15NO3. The maximum absolute atomic E-state index is 11.3. The lowest BCUT2D eigenvalue weighted by Gasteiger charge is -2.12. The zero-order valence-corrected chi connectivity index (χ0v) is 9.43. The van der Waals surface area contributed by atoms with E-state index in [0.29, 0.717) is 5.69 Å². The van der Waals surface area contributed by atoms with Gasteiger partial charge in [-0.25, -0.2) is 4.79 Å². The van der Waals surface area contributed by atoms with Crippen molar-refractivity contribution in [1.29, 1.82) is 0 Å². The largest absolute Gasteiger partial charge is 0.463 e. The number of carbonyl (C=O) groups excluding carboxylic acids is 1. The average molecular weight is 221 g/mol. The van der Waals surface area contributed by atoms with E-state index >= 15 is 0 Å². The number of hydrogen-bond acceptors (Lipinski definition) is 4. The van der Waals surface area contributed by atoms with Gasteiger partial charge in [-0.3, -0.25) is 4.98 Å². The number of aryl methyl sites for hydroxylation is 1. The summed E-state index contributed by atoms with van der Waals surface area (Å²) in [5.41, 5.74) is 1.36. The number of rotatable bonds is 4. The fraction of sp³-hybridized carbons (Fsp3) is 0.333. The lowest BCUT2D eigenvalue weighted by atomic mass is 10.1. The predicted molar refractivity (Wildman–Crippen MR) is 59.7 cm³/mol. The van der Waals surface area contributed by atoms with Gasteiger partial charge in [-0.05, 0) is 31.5 Å². The van der Waals surface area contributed by atoms with E-state index in [9.17, 15) is 9.90 Å². The number of hydrogen-bond donors (Lipinski definition) is 1. The molecule has 1 unspecified atom stereocenters. The van der Waals surface area contributed by atoms with Gasteiger partial charge in [0.2, 0.25) is 0 Å². The smallest absolute Gasteiger partial charge is 0.336 e. The Labute approximate surface area is 94.6 Å². The quantitative estimate of drug-likeness (QED) is 0.619. The summed E-state index contributed by atoms with van der Waals surface area (Å²) in [5.74, 6) is -0.599. The average Bonchev–Trinajstić information content (AvgIpc) is 2.27. The Morgan fingerprint density at radius 2 is 2.38 bits per heavy atom. The van der Waals surface area contributed by atoms with Gasteiger partial charge in [0.15, 0.2) is 0 Å². The van der Waals surface area contributed by atoms with Gasteiger partial charge >= 0.3 is 5.97 Å². The van der Waals surface area contributed by atoms with E-state index in [1.165, 1.54) is 0 Å². The Morgan fingerprint density at radius 1 is 1.69 bits per heavy atom. The second kappa shape index (κ2) is 5.42. The molecule has 1 N–H and O–H groups in total. The Morgan fingerprint density at radius 3 is 2.94 bits per heavy atom. The molecular weight excluding hydrogens is 206 g/mol. The third-order valence-corrected chi connectivity index (χ3v) is 2.08. The summed E-state index contributed by atoms with van der Waals surface area (Å²) in [5, 5.41) is 9.85. The maximum atomic E-state index is 11.3. The molecule has 16 heavy (non-hydrogen) atoms. The molecule has 0 aliphatic rings. The third kappa shape index (κ3) is 2.90. The highest BCUT2D eigenvalue weighted by molar-refractivity contribution is 5.88. The molecule has 4 heteroatoms. The van der Waals surface area contributed by atoms with Crippen LogP contribution in [0.3, 0.4) is 0 Å². The van der Waals surface area contributed by atoms with Crippen molar-refractivity contribution in [2.75, 3.05) is 6.61 Å². The highest BCUT2D eigenvalue weighted by atomic mass is 16.5. The number of aliphatic hydroxyl groups is 1. The minimum atomic E-state index is -1.11. The first kappa shape index (κ1) is 12.4. The molecule has 0 fully saturated rings. The molecule has 0 aliphatic heterocycles. The van der Waals surface area contributed by atoms with Crippen LogP contribution in [0.25, 0.3) is 0 Å². The summed E-state index contributed by atoms with van der Waals surface area (Å²) in [6, 6.07) is 3.51. The van der Waals surface area contributed by atoms with E-state index < -0.39 is 12.1 Å². The molecule has 1 heterocycles. The van der Waals surface area contributed by atoms with Crippen LogP contribution in [0, 0.1) is 6.92 Å². The molecule has 4 nitrogen and oxygen atoms in total. The van der Waals surface area contributed by atoms with Gasteiger partial charge in [-0.1, -0.05) is 6.58 Å². The van der Waals surface area contributed by atoms with Crippen molar-refractivity contribution < 1.29 is 14.6 Å². The molecule has 0 bridgehead atoms. The molecule has 0 radical (unpaired) electrons. The van der Waals surface area contributed by atoms with Crippen LogP contribution in [0.2, 0.25) is 0 Å². The van der Waals surface area contributed by atoms with Crippen LogP contribution in [0.4, 0.5) is 0 Å². The maximum Gasteiger partial charge on any atom is 0.336 e. The molecule has 0 saturated carbocycles. The van der Waals surface area contributed by atoms with E-state index in [1.807, 2.05) is 13.0 Å². The minimum absolute atomic E-state index is 0.0000463. The van der Waals surface area contributed by atoms with Gasteiger partial charge in [-0.2, -0.15) is 0 Å². The van der Waals surface area contributed by atoms with Crippen LogP contribution < -0.4 is 0 Å². The molecule has 1 aromatic heterocycles. The van der Waals surface area contributed by atoms with Crippen LogP contribution in [-0.4, -0.2) is 22.7 Å². The highest BCUT2D eigenvalue weighted by Crippen LogP contribution is 2.19. The monoisotopic (exact) mass is 221 g/mol. The Balaban J connectivity index is 2.82. The first-order chi connectivity index (χ1) is 7.56. The summed E-state index contributed by atoms with van der Waals surface area (Å²) in [6.45, 7) is 7.35. The van der Waals surface area contributed by atoms with Crippen molar-refractivity contribution in [3.8, 4) is 0 Å². The lowest BCUT2D eigenvalue weighted by Crippen LogP contribution is -2.14. The SMILES string of the molecule is C=C(C(=O)OCC)C(O)c1cc(C)ccn1. The lowest BCUT2D eigenvalue weighted by molar-refractivity contribution is -0.139. The van der Waals surface area contributed by atoms with Gasteiger partial charge in [0.25, 0.3) is 0 Å². The summed E-state index contributed by atoms with van der Waals surface area (Å²) in [7, 11) is 0.